The standard InChI is InChI=1S/C18H12ClF2N5O2/c19-9-4-8(7-27)15-12(5-9)23-17(25-15)16-13(6-22-26-16)24-18(28)14-10(20)2-1-3-11(14)21/h1-6,27H,7H2,(H,22,26)(H,23,25)(H,24,28). The number of hydrogen-bond acceptors (Lipinski definition) is 4. The number of hydrogen-bond donors (Lipinski definition) is 4. The highest BCUT2D eigenvalue weighted by molar-refractivity contribution is 6.31. The highest BCUT2D eigenvalue weighted by atomic mass is 35.5. The first-order valence-electron chi connectivity index (χ1n) is 8.06. The highest BCUT2D eigenvalue weighted by Crippen LogP contribution is 2.29. The van der Waals surface area contributed by atoms with Gasteiger partial charge in [0.25, 0.3) is 5.91 Å². The van der Waals surface area contributed by atoms with Gasteiger partial charge in [-0.2, -0.15) is 5.10 Å². The fourth-order valence-electron chi connectivity index (χ4n) is 2.85. The van der Waals surface area contributed by atoms with Gasteiger partial charge in [-0.25, -0.2) is 13.8 Å². The lowest BCUT2D eigenvalue weighted by Gasteiger charge is -2.06. The van der Waals surface area contributed by atoms with Gasteiger partial charge >= 0.3 is 0 Å². The van der Waals surface area contributed by atoms with Crippen LogP contribution >= 0.6 is 11.6 Å². The molecule has 0 saturated heterocycles. The summed E-state index contributed by atoms with van der Waals surface area (Å²) in [5, 5.41) is 18.9. The van der Waals surface area contributed by atoms with E-state index >= 15 is 0 Å². The van der Waals surface area contributed by atoms with Gasteiger partial charge in [0.1, 0.15) is 17.2 Å². The summed E-state index contributed by atoms with van der Waals surface area (Å²) in [5.41, 5.74) is 1.26. The van der Waals surface area contributed by atoms with Gasteiger partial charge in [0.2, 0.25) is 0 Å². The van der Waals surface area contributed by atoms with E-state index in [-0.39, 0.29) is 23.8 Å². The number of carbonyl (C=O) groups is 1. The normalized spacial score (nSPS) is 11.1. The number of rotatable bonds is 4. The molecule has 142 valence electrons. The van der Waals surface area contributed by atoms with Crippen molar-refractivity contribution in [1.29, 1.82) is 0 Å². The Balaban J connectivity index is 1.72. The second kappa shape index (κ2) is 7.02. The van der Waals surface area contributed by atoms with Crippen molar-refractivity contribution in [3.05, 3.63) is 64.3 Å². The van der Waals surface area contributed by atoms with Crippen molar-refractivity contribution in [1.82, 2.24) is 20.2 Å². The molecule has 0 unspecified atom stereocenters. The van der Waals surface area contributed by atoms with E-state index in [1.807, 2.05) is 0 Å². The second-order valence-corrected chi connectivity index (χ2v) is 6.34. The van der Waals surface area contributed by atoms with Gasteiger partial charge in [0.15, 0.2) is 11.5 Å². The molecule has 0 spiro atoms. The lowest BCUT2D eigenvalue weighted by molar-refractivity contribution is 0.101. The average molecular weight is 404 g/mol. The minimum absolute atomic E-state index is 0.170. The molecule has 1 amide bonds. The maximum absolute atomic E-state index is 13.8. The van der Waals surface area contributed by atoms with Crippen LogP contribution in [0.5, 0.6) is 0 Å². The summed E-state index contributed by atoms with van der Waals surface area (Å²) >= 11 is 6.03. The third-order valence-corrected chi connectivity index (χ3v) is 4.32. The van der Waals surface area contributed by atoms with Crippen molar-refractivity contribution in [3.8, 4) is 11.5 Å². The number of nitrogens with one attached hydrogen (secondary N) is 3. The maximum atomic E-state index is 13.8. The van der Waals surface area contributed by atoms with E-state index in [9.17, 15) is 18.7 Å². The van der Waals surface area contributed by atoms with Crippen LogP contribution in [-0.2, 0) is 6.61 Å². The fourth-order valence-corrected chi connectivity index (χ4v) is 3.09. The van der Waals surface area contributed by atoms with Gasteiger partial charge in [0, 0.05) is 16.8 Å². The number of amides is 1. The van der Waals surface area contributed by atoms with E-state index in [4.69, 9.17) is 11.6 Å². The van der Waals surface area contributed by atoms with E-state index in [0.29, 0.717) is 21.6 Å². The first-order valence-corrected chi connectivity index (χ1v) is 8.44. The van der Waals surface area contributed by atoms with Gasteiger partial charge in [-0.15, -0.1) is 0 Å². The van der Waals surface area contributed by atoms with E-state index in [2.05, 4.69) is 25.5 Å². The molecule has 4 rings (SSSR count). The molecule has 0 fully saturated rings. The lowest BCUT2D eigenvalue weighted by Crippen LogP contribution is -2.16. The molecule has 0 aliphatic heterocycles. The van der Waals surface area contributed by atoms with Crippen molar-refractivity contribution in [2.24, 2.45) is 0 Å². The molecule has 0 aliphatic carbocycles. The topological polar surface area (TPSA) is 107 Å². The van der Waals surface area contributed by atoms with Crippen LogP contribution in [0.25, 0.3) is 22.6 Å². The number of halogens is 3. The monoisotopic (exact) mass is 403 g/mol. The predicted molar refractivity (Wildman–Crippen MR) is 98.9 cm³/mol. The number of aromatic amines is 2. The molecule has 0 bridgehead atoms. The quantitative estimate of drug-likeness (QED) is 0.417. The van der Waals surface area contributed by atoms with Crippen LogP contribution in [-0.4, -0.2) is 31.2 Å². The third kappa shape index (κ3) is 3.10. The highest BCUT2D eigenvalue weighted by Gasteiger charge is 2.21. The molecule has 0 atom stereocenters. The SMILES string of the molecule is O=C(Nc1c[nH]nc1-c1nc2c(CO)cc(Cl)cc2[nH]1)c1c(F)cccc1F. The van der Waals surface area contributed by atoms with Crippen LogP contribution in [0.4, 0.5) is 14.5 Å². The molecule has 2 heterocycles. The van der Waals surface area contributed by atoms with E-state index in [0.717, 1.165) is 12.1 Å². The molecule has 7 nitrogen and oxygen atoms in total. The van der Waals surface area contributed by atoms with Crippen molar-refractivity contribution in [2.45, 2.75) is 6.61 Å². The molecule has 0 radical (unpaired) electrons. The van der Waals surface area contributed by atoms with Crippen LogP contribution in [0.15, 0.2) is 36.5 Å². The number of H-pyrrole nitrogens is 2. The molecular weight excluding hydrogens is 392 g/mol. The second-order valence-electron chi connectivity index (χ2n) is 5.90. The first kappa shape index (κ1) is 18.1. The Morgan fingerprint density at radius 2 is 2.00 bits per heavy atom. The van der Waals surface area contributed by atoms with Gasteiger partial charge < -0.3 is 15.4 Å². The summed E-state index contributed by atoms with van der Waals surface area (Å²) in [5.74, 6) is -2.65. The zero-order valence-corrected chi connectivity index (χ0v) is 14.8. The van der Waals surface area contributed by atoms with Crippen LogP contribution in [0.1, 0.15) is 15.9 Å². The fraction of sp³-hybridized carbons (Fsp3) is 0.0556. The van der Waals surface area contributed by atoms with Gasteiger partial charge in [-0.05, 0) is 24.3 Å². The van der Waals surface area contributed by atoms with Crippen LogP contribution < -0.4 is 5.32 Å². The lowest BCUT2D eigenvalue weighted by atomic mass is 10.2. The summed E-state index contributed by atoms with van der Waals surface area (Å²) in [6.45, 7) is -0.266. The number of imidazole rings is 1. The number of benzene rings is 2. The Labute approximate surface area is 161 Å². The van der Waals surface area contributed by atoms with Crippen molar-refractivity contribution >= 4 is 34.2 Å². The Kier molecular flexibility index (Phi) is 4.54. The van der Waals surface area contributed by atoms with E-state index < -0.39 is 23.1 Å². The van der Waals surface area contributed by atoms with Gasteiger partial charge in [-0.1, -0.05) is 17.7 Å². The molecule has 0 aliphatic rings. The number of carbonyl (C=O) groups excluding carboxylic acids is 1. The zero-order chi connectivity index (χ0) is 19.8. The van der Waals surface area contributed by atoms with Crippen LogP contribution in [0, 0.1) is 11.6 Å². The zero-order valence-electron chi connectivity index (χ0n) is 14.1. The Hall–Kier alpha value is -3.30. The Morgan fingerprint density at radius 3 is 2.71 bits per heavy atom. The molecule has 28 heavy (non-hydrogen) atoms. The molecule has 10 heteroatoms. The van der Waals surface area contributed by atoms with Crippen molar-refractivity contribution < 1.29 is 18.7 Å². The Bertz CT molecular complexity index is 1180. The largest absolute Gasteiger partial charge is 0.392 e. The number of anilines is 1. The minimum atomic E-state index is -0.978. The number of aliphatic hydroxyl groups excluding tert-OH is 1. The smallest absolute Gasteiger partial charge is 0.261 e. The van der Waals surface area contributed by atoms with E-state index in [1.165, 1.54) is 12.3 Å². The summed E-state index contributed by atoms with van der Waals surface area (Å²) in [6.07, 6.45) is 1.36. The van der Waals surface area contributed by atoms with Gasteiger partial charge in [0.05, 0.1) is 23.3 Å². The molecule has 2 aromatic carbocycles. The molecule has 2 aromatic heterocycles. The number of aliphatic hydroxyl groups is 1. The Morgan fingerprint density at radius 1 is 1.25 bits per heavy atom. The number of fused-ring (bicyclic) bond motifs is 1. The van der Waals surface area contributed by atoms with Gasteiger partial charge in [-0.3, -0.25) is 9.89 Å². The minimum Gasteiger partial charge on any atom is -0.392 e. The summed E-state index contributed by atoms with van der Waals surface area (Å²) < 4.78 is 27.7. The summed E-state index contributed by atoms with van der Waals surface area (Å²) in [6, 6.07) is 6.37. The average Bonchev–Trinajstić information content (AvgIpc) is 3.27. The summed E-state index contributed by atoms with van der Waals surface area (Å²) in [7, 11) is 0. The number of aromatic nitrogens is 4. The molecular formula is C18H12ClF2N5O2. The van der Waals surface area contributed by atoms with E-state index in [1.54, 1.807) is 12.1 Å². The third-order valence-electron chi connectivity index (χ3n) is 4.10. The molecule has 4 N–H and O–H groups in total. The van der Waals surface area contributed by atoms with Crippen LogP contribution in [0.3, 0.4) is 0 Å². The van der Waals surface area contributed by atoms with Crippen molar-refractivity contribution in [2.75, 3.05) is 5.32 Å². The van der Waals surface area contributed by atoms with Crippen molar-refractivity contribution in [3.63, 3.8) is 0 Å². The predicted octanol–water partition coefficient (Wildman–Crippen LogP) is 3.63. The first-order chi connectivity index (χ1) is 13.5. The summed E-state index contributed by atoms with van der Waals surface area (Å²) in [4.78, 5) is 19.7. The van der Waals surface area contributed by atoms with Crippen LogP contribution in [0.2, 0.25) is 5.02 Å². The molecule has 4 aromatic rings. The number of nitrogens with zero attached hydrogens (tertiary/aromatic N) is 2. The molecule has 0 saturated carbocycles. The maximum Gasteiger partial charge on any atom is 0.261 e.